The van der Waals surface area contributed by atoms with Crippen molar-refractivity contribution in [1.29, 1.82) is 0 Å². The van der Waals surface area contributed by atoms with Crippen molar-refractivity contribution in [1.82, 2.24) is 15.2 Å². The molecule has 20 heavy (non-hydrogen) atoms. The van der Waals surface area contributed by atoms with E-state index < -0.39 is 0 Å². The first-order chi connectivity index (χ1) is 9.65. The second kappa shape index (κ2) is 7.71. The summed E-state index contributed by atoms with van der Waals surface area (Å²) in [6.07, 6.45) is 2.73. The Morgan fingerprint density at radius 2 is 2.20 bits per heavy atom. The van der Waals surface area contributed by atoms with Crippen molar-refractivity contribution < 1.29 is 9.53 Å². The van der Waals surface area contributed by atoms with Crippen LogP contribution in [0.2, 0.25) is 0 Å². The highest BCUT2D eigenvalue weighted by atomic mass is 32.1. The minimum Gasteiger partial charge on any atom is -0.373 e. The van der Waals surface area contributed by atoms with E-state index in [1.807, 2.05) is 0 Å². The number of hydrogen-bond donors (Lipinski definition) is 1. The quantitative estimate of drug-likeness (QED) is 0.813. The van der Waals surface area contributed by atoms with Gasteiger partial charge in [-0.2, -0.15) is 0 Å². The molecule has 0 bridgehead atoms. The highest BCUT2D eigenvalue weighted by Crippen LogP contribution is 2.11. The highest BCUT2D eigenvalue weighted by molar-refractivity contribution is 7.07. The third kappa shape index (κ3) is 4.85. The van der Waals surface area contributed by atoms with E-state index in [9.17, 15) is 4.79 Å². The summed E-state index contributed by atoms with van der Waals surface area (Å²) < 4.78 is 5.71. The van der Waals surface area contributed by atoms with Crippen LogP contribution in [-0.2, 0) is 4.74 Å². The number of amides is 1. The monoisotopic (exact) mass is 297 g/mol. The Kier molecular flexibility index (Phi) is 5.94. The first kappa shape index (κ1) is 15.4. The molecule has 1 fully saturated rings. The Morgan fingerprint density at radius 1 is 1.45 bits per heavy atom. The van der Waals surface area contributed by atoms with E-state index in [0.717, 1.165) is 32.5 Å². The van der Waals surface area contributed by atoms with Gasteiger partial charge in [-0.3, -0.25) is 9.69 Å². The van der Waals surface area contributed by atoms with E-state index in [1.165, 1.54) is 11.3 Å². The van der Waals surface area contributed by atoms with Gasteiger partial charge in [-0.25, -0.2) is 4.98 Å². The number of thiazole rings is 1. The fourth-order valence-electron chi connectivity index (χ4n) is 2.54. The van der Waals surface area contributed by atoms with Gasteiger partial charge in [-0.1, -0.05) is 0 Å². The molecule has 112 valence electrons. The molecule has 2 heterocycles. The lowest BCUT2D eigenvalue weighted by molar-refractivity contribution is -0.0681. The van der Waals surface area contributed by atoms with Crippen LogP contribution in [0.3, 0.4) is 0 Å². The molecule has 1 aliphatic rings. The van der Waals surface area contributed by atoms with E-state index >= 15 is 0 Å². The average Bonchev–Trinajstić information content (AvgIpc) is 2.90. The van der Waals surface area contributed by atoms with Crippen LogP contribution < -0.4 is 5.32 Å². The number of hydrogen-bond acceptors (Lipinski definition) is 5. The standard InChI is InChI=1S/C14H23N3O2S/c1-11-7-17(8-12(2)19-11)6-4-3-5-15-14(18)13-9-20-10-16-13/h9-12H,3-8H2,1-2H3,(H,15,18). The fraction of sp³-hybridized carbons (Fsp3) is 0.714. The number of nitrogens with zero attached hydrogens (tertiary/aromatic N) is 2. The molecule has 0 radical (unpaired) electrons. The van der Waals surface area contributed by atoms with Crippen LogP contribution in [0.5, 0.6) is 0 Å². The molecule has 0 spiro atoms. The fourth-order valence-corrected chi connectivity index (χ4v) is 3.08. The second-order valence-corrected chi connectivity index (χ2v) is 6.07. The van der Waals surface area contributed by atoms with Crippen molar-refractivity contribution in [3.05, 3.63) is 16.6 Å². The molecule has 1 aromatic rings. The molecular weight excluding hydrogens is 274 g/mol. The Labute approximate surface area is 124 Å². The van der Waals surface area contributed by atoms with Crippen LogP contribution in [0.15, 0.2) is 10.9 Å². The van der Waals surface area contributed by atoms with E-state index in [1.54, 1.807) is 10.9 Å². The van der Waals surface area contributed by atoms with E-state index in [4.69, 9.17) is 4.74 Å². The third-order valence-electron chi connectivity index (χ3n) is 3.35. The van der Waals surface area contributed by atoms with Gasteiger partial charge in [0.15, 0.2) is 0 Å². The summed E-state index contributed by atoms with van der Waals surface area (Å²) in [6, 6.07) is 0. The van der Waals surface area contributed by atoms with E-state index in [-0.39, 0.29) is 5.91 Å². The van der Waals surface area contributed by atoms with Gasteiger partial charge in [-0.15, -0.1) is 11.3 Å². The van der Waals surface area contributed by atoms with Crippen molar-refractivity contribution in [2.45, 2.75) is 38.9 Å². The lowest BCUT2D eigenvalue weighted by Crippen LogP contribution is -2.45. The lowest BCUT2D eigenvalue weighted by Gasteiger charge is -2.35. The number of ether oxygens (including phenoxy) is 1. The molecule has 0 saturated carbocycles. The summed E-state index contributed by atoms with van der Waals surface area (Å²) in [5, 5.41) is 4.67. The van der Waals surface area contributed by atoms with Crippen LogP contribution in [-0.4, -0.2) is 54.2 Å². The van der Waals surface area contributed by atoms with Crippen LogP contribution in [0.25, 0.3) is 0 Å². The topological polar surface area (TPSA) is 54.5 Å². The molecule has 1 aromatic heterocycles. The highest BCUT2D eigenvalue weighted by Gasteiger charge is 2.21. The number of morpholine rings is 1. The van der Waals surface area contributed by atoms with Crippen molar-refractivity contribution in [2.24, 2.45) is 0 Å². The maximum Gasteiger partial charge on any atom is 0.270 e. The van der Waals surface area contributed by atoms with E-state index in [2.05, 4.69) is 29.0 Å². The zero-order valence-electron chi connectivity index (χ0n) is 12.2. The first-order valence-electron chi connectivity index (χ1n) is 7.19. The molecule has 2 unspecified atom stereocenters. The summed E-state index contributed by atoms with van der Waals surface area (Å²) in [7, 11) is 0. The molecule has 1 saturated heterocycles. The van der Waals surface area contributed by atoms with Crippen LogP contribution in [0, 0.1) is 0 Å². The van der Waals surface area contributed by atoms with Crippen LogP contribution in [0.1, 0.15) is 37.2 Å². The number of nitrogens with one attached hydrogen (secondary N) is 1. The lowest BCUT2D eigenvalue weighted by atomic mass is 10.2. The van der Waals surface area contributed by atoms with Gasteiger partial charge in [0.1, 0.15) is 5.69 Å². The van der Waals surface area contributed by atoms with Crippen molar-refractivity contribution in [3.8, 4) is 0 Å². The van der Waals surface area contributed by atoms with Crippen molar-refractivity contribution in [3.63, 3.8) is 0 Å². The molecule has 2 atom stereocenters. The Balaban J connectivity index is 1.56. The summed E-state index contributed by atoms with van der Waals surface area (Å²) >= 11 is 1.44. The summed E-state index contributed by atoms with van der Waals surface area (Å²) in [4.78, 5) is 18.1. The summed E-state index contributed by atoms with van der Waals surface area (Å²) in [5.41, 5.74) is 2.20. The third-order valence-corrected chi connectivity index (χ3v) is 3.93. The Bertz CT molecular complexity index is 401. The largest absolute Gasteiger partial charge is 0.373 e. The molecule has 0 aliphatic carbocycles. The van der Waals surface area contributed by atoms with Crippen LogP contribution in [0.4, 0.5) is 0 Å². The minimum absolute atomic E-state index is 0.0696. The second-order valence-electron chi connectivity index (χ2n) is 5.35. The van der Waals surface area contributed by atoms with Gasteiger partial charge in [-0.05, 0) is 33.2 Å². The molecule has 1 aliphatic heterocycles. The van der Waals surface area contributed by atoms with Gasteiger partial charge in [0, 0.05) is 25.0 Å². The molecule has 5 nitrogen and oxygen atoms in total. The van der Waals surface area contributed by atoms with Crippen LogP contribution >= 0.6 is 11.3 Å². The SMILES string of the molecule is CC1CN(CCCCNC(=O)c2cscn2)CC(C)O1. The van der Waals surface area contributed by atoms with Gasteiger partial charge in [0.25, 0.3) is 5.91 Å². The minimum atomic E-state index is -0.0696. The Hall–Kier alpha value is -0.980. The van der Waals surface area contributed by atoms with Gasteiger partial charge in [0.2, 0.25) is 0 Å². The average molecular weight is 297 g/mol. The summed E-state index contributed by atoms with van der Waals surface area (Å²) in [6.45, 7) is 8.05. The predicted molar refractivity (Wildman–Crippen MR) is 80.1 cm³/mol. The Morgan fingerprint density at radius 3 is 2.85 bits per heavy atom. The predicted octanol–water partition coefficient (Wildman–Crippen LogP) is 1.76. The number of carbonyl (C=O) groups excluding carboxylic acids is 1. The number of carbonyl (C=O) groups is 1. The number of aromatic nitrogens is 1. The van der Waals surface area contributed by atoms with Gasteiger partial charge >= 0.3 is 0 Å². The smallest absolute Gasteiger partial charge is 0.270 e. The molecular formula is C14H23N3O2S. The molecule has 1 N–H and O–H groups in total. The van der Waals surface area contributed by atoms with Crippen molar-refractivity contribution in [2.75, 3.05) is 26.2 Å². The van der Waals surface area contributed by atoms with Crippen molar-refractivity contribution >= 4 is 17.2 Å². The zero-order valence-corrected chi connectivity index (χ0v) is 13.0. The van der Waals surface area contributed by atoms with Gasteiger partial charge in [0.05, 0.1) is 17.7 Å². The molecule has 1 amide bonds. The van der Waals surface area contributed by atoms with Gasteiger partial charge < -0.3 is 10.1 Å². The zero-order chi connectivity index (χ0) is 14.4. The number of unbranched alkanes of at least 4 members (excludes halogenated alkanes) is 1. The van der Waals surface area contributed by atoms with E-state index in [0.29, 0.717) is 24.4 Å². The molecule has 2 rings (SSSR count). The number of rotatable bonds is 6. The molecule has 6 heteroatoms. The summed E-state index contributed by atoms with van der Waals surface area (Å²) in [5.74, 6) is -0.0696. The maximum absolute atomic E-state index is 11.7. The first-order valence-corrected chi connectivity index (χ1v) is 8.13. The molecule has 0 aromatic carbocycles. The maximum atomic E-state index is 11.7. The normalized spacial score (nSPS) is 23.7.